The van der Waals surface area contributed by atoms with Crippen LogP contribution in [0.2, 0.25) is 0 Å². The summed E-state index contributed by atoms with van der Waals surface area (Å²) in [5, 5.41) is 12.0. The average Bonchev–Trinajstić information content (AvgIpc) is 3.29. The number of aromatic nitrogens is 4. The molecule has 0 fully saturated rings. The molecule has 0 aliphatic rings. The number of guanidine groups is 1. The van der Waals surface area contributed by atoms with Crippen molar-refractivity contribution >= 4 is 17.3 Å². The molecule has 0 atom stereocenters. The molecule has 0 bridgehead atoms. The van der Waals surface area contributed by atoms with Crippen molar-refractivity contribution in [2.45, 2.75) is 26.8 Å². The van der Waals surface area contributed by atoms with Gasteiger partial charge in [0.05, 0.1) is 10.7 Å². The highest BCUT2D eigenvalue weighted by Crippen LogP contribution is 2.16. The third-order valence-corrected chi connectivity index (χ3v) is 5.07. The zero-order chi connectivity index (χ0) is 18.4. The van der Waals surface area contributed by atoms with Crippen molar-refractivity contribution in [1.82, 2.24) is 30.4 Å². The first-order valence-corrected chi connectivity index (χ1v) is 9.29. The summed E-state index contributed by atoms with van der Waals surface area (Å²) >= 11 is 1.76. The van der Waals surface area contributed by atoms with Gasteiger partial charge >= 0.3 is 0 Å². The summed E-state index contributed by atoms with van der Waals surface area (Å²) < 4.78 is 1.74. The Balaban J connectivity index is 1.50. The zero-order valence-corrected chi connectivity index (χ0v) is 16.0. The zero-order valence-electron chi connectivity index (χ0n) is 15.2. The molecule has 0 amide bonds. The van der Waals surface area contributed by atoms with Gasteiger partial charge in [-0.05, 0) is 37.6 Å². The first kappa shape index (κ1) is 18.1. The molecular formula is C18H23N7S. The summed E-state index contributed by atoms with van der Waals surface area (Å²) in [7, 11) is 1.77. The molecule has 0 aromatic carbocycles. The minimum Gasteiger partial charge on any atom is -0.356 e. The minimum absolute atomic E-state index is 0.659. The highest BCUT2D eigenvalue weighted by Gasteiger charge is 2.05. The fourth-order valence-corrected chi connectivity index (χ4v) is 3.37. The Bertz CT molecular complexity index is 848. The van der Waals surface area contributed by atoms with Gasteiger partial charge in [-0.2, -0.15) is 5.10 Å². The fraction of sp³-hybridized carbons (Fsp3) is 0.333. The maximum atomic E-state index is 4.56. The van der Waals surface area contributed by atoms with E-state index in [1.807, 2.05) is 24.4 Å². The second-order valence-corrected chi connectivity index (χ2v) is 7.11. The van der Waals surface area contributed by atoms with Crippen LogP contribution in [0.5, 0.6) is 0 Å². The Morgan fingerprint density at radius 1 is 1.27 bits per heavy atom. The summed E-state index contributed by atoms with van der Waals surface area (Å²) in [5.41, 5.74) is 2.23. The molecule has 7 nitrogen and oxygen atoms in total. The van der Waals surface area contributed by atoms with Crippen LogP contribution < -0.4 is 10.6 Å². The lowest BCUT2D eigenvalue weighted by Gasteiger charge is -2.12. The smallest absolute Gasteiger partial charge is 0.191 e. The van der Waals surface area contributed by atoms with E-state index in [1.165, 1.54) is 4.88 Å². The number of rotatable bonds is 6. The van der Waals surface area contributed by atoms with E-state index in [9.17, 15) is 0 Å². The van der Waals surface area contributed by atoms with Gasteiger partial charge in [0, 0.05) is 50.0 Å². The first-order chi connectivity index (χ1) is 12.7. The van der Waals surface area contributed by atoms with E-state index < -0.39 is 0 Å². The predicted molar refractivity (Wildman–Crippen MR) is 105 cm³/mol. The largest absolute Gasteiger partial charge is 0.356 e. The number of aliphatic imine (C=N–C) groups is 1. The summed E-state index contributed by atoms with van der Waals surface area (Å²) in [6, 6.07) is 5.87. The second kappa shape index (κ2) is 8.57. The monoisotopic (exact) mass is 369 g/mol. The van der Waals surface area contributed by atoms with Gasteiger partial charge in [0.15, 0.2) is 11.8 Å². The van der Waals surface area contributed by atoms with Crippen LogP contribution in [0.15, 0.2) is 41.8 Å². The van der Waals surface area contributed by atoms with Crippen LogP contribution in [0.1, 0.15) is 21.1 Å². The van der Waals surface area contributed by atoms with Gasteiger partial charge in [-0.25, -0.2) is 14.6 Å². The Labute approximate surface area is 157 Å². The summed E-state index contributed by atoms with van der Waals surface area (Å²) in [6.07, 6.45) is 6.29. The minimum atomic E-state index is 0.659. The van der Waals surface area contributed by atoms with Crippen LogP contribution in [0.4, 0.5) is 0 Å². The van der Waals surface area contributed by atoms with Gasteiger partial charge in [-0.15, -0.1) is 11.3 Å². The van der Waals surface area contributed by atoms with Crippen LogP contribution in [0.3, 0.4) is 0 Å². The fourth-order valence-electron chi connectivity index (χ4n) is 2.44. The van der Waals surface area contributed by atoms with Crippen molar-refractivity contribution in [2.75, 3.05) is 13.6 Å². The van der Waals surface area contributed by atoms with Gasteiger partial charge in [0.25, 0.3) is 0 Å². The number of hydrogen-bond acceptors (Lipinski definition) is 5. The summed E-state index contributed by atoms with van der Waals surface area (Å²) in [6.45, 7) is 5.61. The summed E-state index contributed by atoms with van der Waals surface area (Å²) in [5.74, 6) is 1.57. The highest BCUT2D eigenvalue weighted by atomic mass is 32.1. The maximum absolute atomic E-state index is 4.56. The van der Waals surface area contributed by atoms with Crippen molar-refractivity contribution in [3.05, 3.63) is 57.9 Å². The second-order valence-electron chi connectivity index (χ2n) is 5.82. The number of nitrogens with zero attached hydrogens (tertiary/aromatic N) is 5. The van der Waals surface area contributed by atoms with Crippen molar-refractivity contribution in [3.8, 4) is 5.82 Å². The van der Waals surface area contributed by atoms with Crippen LogP contribution in [0, 0.1) is 13.8 Å². The van der Waals surface area contributed by atoms with Crippen LogP contribution in [0.25, 0.3) is 5.82 Å². The van der Waals surface area contributed by atoms with Gasteiger partial charge in [0.2, 0.25) is 0 Å². The normalized spacial score (nSPS) is 11.6. The molecule has 0 spiro atoms. The molecule has 3 aromatic heterocycles. The molecule has 0 radical (unpaired) electrons. The highest BCUT2D eigenvalue weighted by molar-refractivity contribution is 7.11. The van der Waals surface area contributed by atoms with Gasteiger partial charge < -0.3 is 10.6 Å². The quantitative estimate of drug-likeness (QED) is 0.515. The van der Waals surface area contributed by atoms with Crippen molar-refractivity contribution < 1.29 is 0 Å². The Hall–Kier alpha value is -2.74. The van der Waals surface area contributed by atoms with Gasteiger partial charge in [-0.3, -0.25) is 4.99 Å². The van der Waals surface area contributed by atoms with E-state index in [0.29, 0.717) is 6.54 Å². The first-order valence-electron chi connectivity index (χ1n) is 8.48. The maximum Gasteiger partial charge on any atom is 0.191 e. The molecule has 3 rings (SSSR count). The van der Waals surface area contributed by atoms with Crippen molar-refractivity contribution in [2.24, 2.45) is 4.99 Å². The van der Waals surface area contributed by atoms with E-state index in [-0.39, 0.29) is 0 Å². The van der Waals surface area contributed by atoms with E-state index in [1.54, 1.807) is 35.5 Å². The predicted octanol–water partition coefficient (Wildman–Crippen LogP) is 2.25. The van der Waals surface area contributed by atoms with E-state index in [4.69, 9.17) is 0 Å². The molecule has 0 unspecified atom stereocenters. The van der Waals surface area contributed by atoms with Crippen LogP contribution >= 0.6 is 11.3 Å². The van der Waals surface area contributed by atoms with Crippen LogP contribution in [-0.2, 0) is 13.0 Å². The molecule has 3 aromatic rings. The third kappa shape index (κ3) is 4.66. The number of thiazole rings is 1. The standard InChI is InChI=1S/C18H23N7S/c1-13-14(2)26-17(24-13)6-9-21-18(19-3)22-12-15-5-8-20-16(11-15)25-10-4-7-23-25/h4-5,7-8,10-11H,6,9,12H2,1-3H3,(H2,19,21,22). The number of pyridine rings is 1. The van der Waals surface area contributed by atoms with Gasteiger partial charge in [-0.1, -0.05) is 0 Å². The SMILES string of the molecule is CN=C(NCCc1nc(C)c(C)s1)NCc1ccnc(-n2cccn2)c1. The third-order valence-electron chi connectivity index (χ3n) is 3.94. The lowest BCUT2D eigenvalue weighted by molar-refractivity contribution is 0.786. The number of nitrogens with one attached hydrogen (secondary N) is 2. The lowest BCUT2D eigenvalue weighted by atomic mass is 10.2. The molecule has 0 saturated heterocycles. The average molecular weight is 369 g/mol. The molecule has 0 saturated carbocycles. The molecular weight excluding hydrogens is 346 g/mol. The Morgan fingerprint density at radius 2 is 2.15 bits per heavy atom. The van der Waals surface area contributed by atoms with Crippen LogP contribution in [-0.4, -0.2) is 39.3 Å². The van der Waals surface area contributed by atoms with Crippen molar-refractivity contribution in [3.63, 3.8) is 0 Å². The Kier molecular flexibility index (Phi) is 5.96. The Morgan fingerprint density at radius 3 is 2.85 bits per heavy atom. The molecule has 0 aliphatic carbocycles. The molecule has 2 N–H and O–H groups in total. The van der Waals surface area contributed by atoms with E-state index >= 15 is 0 Å². The molecule has 3 heterocycles. The summed E-state index contributed by atoms with van der Waals surface area (Å²) in [4.78, 5) is 14.5. The van der Waals surface area contributed by atoms with E-state index in [0.717, 1.165) is 41.0 Å². The molecule has 8 heteroatoms. The topological polar surface area (TPSA) is 80.0 Å². The molecule has 26 heavy (non-hydrogen) atoms. The van der Waals surface area contributed by atoms with E-state index in [2.05, 4.69) is 44.5 Å². The molecule has 0 aliphatic heterocycles. The molecule has 136 valence electrons. The number of aryl methyl sites for hydroxylation is 2. The lowest BCUT2D eigenvalue weighted by Crippen LogP contribution is -2.37. The van der Waals surface area contributed by atoms with Crippen molar-refractivity contribution in [1.29, 1.82) is 0 Å². The van der Waals surface area contributed by atoms with Gasteiger partial charge in [0.1, 0.15) is 0 Å². The number of hydrogen-bond donors (Lipinski definition) is 2.